The molecule has 2 heterocycles. The number of fused-ring (bicyclic) bond motifs is 2. The summed E-state index contributed by atoms with van der Waals surface area (Å²) in [4.78, 5) is 38.0. The largest absolute Gasteiger partial charge is 0.457 e. The van der Waals surface area contributed by atoms with E-state index in [9.17, 15) is 14.4 Å². The van der Waals surface area contributed by atoms with Gasteiger partial charge in [0, 0.05) is 22.8 Å². The minimum Gasteiger partial charge on any atom is -0.457 e. The van der Waals surface area contributed by atoms with Crippen molar-refractivity contribution < 1.29 is 18.8 Å². The molecule has 2 atom stereocenters. The van der Waals surface area contributed by atoms with Crippen molar-refractivity contribution in [3.63, 3.8) is 0 Å². The number of carbonyl (C=O) groups is 3. The first-order valence-corrected chi connectivity index (χ1v) is 10.2. The Morgan fingerprint density at radius 1 is 0.966 bits per heavy atom. The van der Waals surface area contributed by atoms with Gasteiger partial charge in [0.2, 0.25) is 0 Å². The van der Waals surface area contributed by atoms with E-state index in [4.69, 9.17) is 16.6 Å². The molecule has 1 fully saturated rings. The van der Waals surface area contributed by atoms with Crippen LogP contribution in [0.15, 0.2) is 64.0 Å². The van der Waals surface area contributed by atoms with E-state index in [2.05, 4.69) is 5.32 Å². The second-order valence-electron chi connectivity index (χ2n) is 6.86. The Bertz CT molecular complexity index is 1200. The first-order valence-electron chi connectivity index (χ1n) is 8.94. The predicted octanol–water partition coefficient (Wildman–Crippen LogP) is 4.17. The lowest BCUT2D eigenvalue weighted by Crippen LogP contribution is -2.35. The number of hydrogen-bond donors (Lipinski definition) is 1. The highest BCUT2D eigenvalue weighted by Crippen LogP contribution is 2.36. The third-order valence-corrected chi connectivity index (χ3v) is 6.28. The lowest BCUT2D eigenvalue weighted by Gasteiger charge is -2.28. The molecule has 2 aliphatic carbocycles. The fourth-order valence-electron chi connectivity index (χ4n) is 3.72. The first-order chi connectivity index (χ1) is 14.0. The summed E-state index contributed by atoms with van der Waals surface area (Å²) in [5.74, 6) is -0.173. The number of amides is 1. The molecule has 5 nitrogen and oxygen atoms in total. The monoisotopic (exact) mass is 419 g/mol. The molecule has 0 radical (unpaired) electrons. The zero-order valence-corrected chi connectivity index (χ0v) is 16.5. The van der Waals surface area contributed by atoms with E-state index in [1.807, 2.05) is 0 Å². The quantitative estimate of drug-likeness (QED) is 0.582. The molecule has 1 aromatic heterocycles. The molecule has 142 valence electrons. The Hall–Kier alpha value is -3.03. The molecular weight excluding hydrogens is 406 g/mol. The van der Waals surface area contributed by atoms with E-state index in [-0.39, 0.29) is 17.5 Å². The van der Waals surface area contributed by atoms with E-state index >= 15 is 0 Å². The van der Waals surface area contributed by atoms with Crippen LogP contribution in [0.2, 0.25) is 0 Å². The Morgan fingerprint density at radius 2 is 1.69 bits per heavy atom. The molecule has 0 saturated carbocycles. The van der Waals surface area contributed by atoms with Crippen LogP contribution < -0.4 is 5.32 Å². The third-order valence-electron chi connectivity index (χ3n) is 5.12. The fraction of sp³-hybridized carbons (Fsp3) is 0.0909. The summed E-state index contributed by atoms with van der Waals surface area (Å²) in [6.45, 7) is 0. The molecule has 2 aromatic rings. The SMILES string of the molecule is O=C1NC(=S)S/C1=C/c1ccc(-c2ccc3c(c2)C(=O)C2C=CC=CC2C3=O)o1. The highest BCUT2D eigenvalue weighted by atomic mass is 32.2. The van der Waals surface area contributed by atoms with E-state index in [0.717, 1.165) is 0 Å². The lowest BCUT2D eigenvalue weighted by atomic mass is 9.72. The molecular formula is C22H13NO4S2. The van der Waals surface area contributed by atoms with Crippen LogP contribution in [0.5, 0.6) is 0 Å². The Labute approximate surface area is 175 Å². The summed E-state index contributed by atoms with van der Waals surface area (Å²) >= 11 is 6.16. The molecule has 1 aromatic carbocycles. The minimum absolute atomic E-state index is 0.0399. The highest BCUT2D eigenvalue weighted by molar-refractivity contribution is 8.26. The van der Waals surface area contributed by atoms with Crippen molar-refractivity contribution in [1.29, 1.82) is 0 Å². The molecule has 1 aliphatic heterocycles. The number of nitrogens with one attached hydrogen (secondary N) is 1. The summed E-state index contributed by atoms with van der Waals surface area (Å²) < 4.78 is 6.25. The van der Waals surface area contributed by atoms with Gasteiger partial charge in [-0.2, -0.15) is 0 Å². The average Bonchev–Trinajstić information content (AvgIpc) is 3.32. The van der Waals surface area contributed by atoms with Crippen LogP contribution in [0.1, 0.15) is 26.5 Å². The predicted molar refractivity (Wildman–Crippen MR) is 114 cm³/mol. The van der Waals surface area contributed by atoms with Gasteiger partial charge in [-0.05, 0) is 24.3 Å². The number of allylic oxidation sites excluding steroid dienone is 4. The van der Waals surface area contributed by atoms with Crippen molar-refractivity contribution in [3.05, 3.63) is 76.4 Å². The Balaban J connectivity index is 1.49. The van der Waals surface area contributed by atoms with Crippen LogP contribution in [-0.2, 0) is 4.79 Å². The van der Waals surface area contributed by atoms with Crippen LogP contribution in [-0.4, -0.2) is 21.8 Å². The van der Waals surface area contributed by atoms with Crippen LogP contribution in [0.25, 0.3) is 17.4 Å². The Kier molecular flexibility index (Phi) is 4.22. The van der Waals surface area contributed by atoms with Crippen molar-refractivity contribution in [2.45, 2.75) is 0 Å². The maximum atomic E-state index is 12.9. The summed E-state index contributed by atoms with van der Waals surface area (Å²) in [5.41, 5.74) is 1.56. The number of rotatable bonds is 2. The second kappa shape index (κ2) is 6.79. The van der Waals surface area contributed by atoms with Crippen LogP contribution in [0, 0.1) is 11.8 Å². The smallest absolute Gasteiger partial charge is 0.263 e. The summed E-state index contributed by atoms with van der Waals surface area (Å²) in [6, 6.07) is 8.68. The van der Waals surface area contributed by atoms with E-state index in [1.165, 1.54) is 11.8 Å². The average molecular weight is 419 g/mol. The topological polar surface area (TPSA) is 76.4 Å². The van der Waals surface area contributed by atoms with Crippen molar-refractivity contribution in [2.75, 3.05) is 0 Å². The zero-order chi connectivity index (χ0) is 20.1. The van der Waals surface area contributed by atoms with Gasteiger partial charge in [-0.15, -0.1) is 0 Å². The van der Waals surface area contributed by atoms with E-state index in [1.54, 1.807) is 60.7 Å². The Morgan fingerprint density at radius 3 is 2.38 bits per heavy atom. The van der Waals surface area contributed by atoms with Gasteiger partial charge in [0.15, 0.2) is 11.6 Å². The molecule has 1 saturated heterocycles. The van der Waals surface area contributed by atoms with E-state index < -0.39 is 11.8 Å². The third kappa shape index (κ3) is 3.03. The van der Waals surface area contributed by atoms with Crippen LogP contribution in [0.4, 0.5) is 0 Å². The number of furan rings is 1. The number of benzene rings is 1. The minimum atomic E-state index is -0.450. The summed E-state index contributed by atoms with van der Waals surface area (Å²) in [5, 5.41) is 2.56. The van der Waals surface area contributed by atoms with Gasteiger partial charge in [0.25, 0.3) is 5.91 Å². The number of carbonyl (C=O) groups excluding carboxylic acids is 3. The molecule has 5 rings (SSSR count). The van der Waals surface area contributed by atoms with Gasteiger partial charge in [0.05, 0.1) is 16.7 Å². The zero-order valence-electron chi connectivity index (χ0n) is 14.9. The highest BCUT2D eigenvalue weighted by Gasteiger charge is 2.39. The maximum absolute atomic E-state index is 12.9. The molecule has 1 N–H and O–H groups in total. The van der Waals surface area contributed by atoms with Crippen molar-refractivity contribution in [3.8, 4) is 11.3 Å². The van der Waals surface area contributed by atoms with Gasteiger partial charge in [0.1, 0.15) is 15.8 Å². The summed E-state index contributed by atoms with van der Waals surface area (Å²) in [7, 11) is 0. The number of thiocarbonyl (C=S) groups is 1. The van der Waals surface area contributed by atoms with E-state index in [0.29, 0.717) is 37.4 Å². The second-order valence-corrected chi connectivity index (χ2v) is 8.58. The molecule has 0 bridgehead atoms. The number of thioether (sulfide) groups is 1. The number of Topliss-reactive ketones (excluding diaryl/α,β-unsaturated/α-hetero) is 2. The molecule has 29 heavy (non-hydrogen) atoms. The van der Waals surface area contributed by atoms with Gasteiger partial charge in [-0.1, -0.05) is 54.4 Å². The molecule has 2 unspecified atom stereocenters. The van der Waals surface area contributed by atoms with Gasteiger partial charge in [-0.25, -0.2) is 0 Å². The number of ketones is 2. The lowest BCUT2D eigenvalue weighted by molar-refractivity contribution is -0.115. The maximum Gasteiger partial charge on any atom is 0.263 e. The summed E-state index contributed by atoms with van der Waals surface area (Å²) in [6.07, 6.45) is 8.81. The van der Waals surface area contributed by atoms with Gasteiger partial charge < -0.3 is 9.73 Å². The van der Waals surface area contributed by atoms with Crippen molar-refractivity contribution >= 4 is 51.8 Å². The molecule has 7 heteroatoms. The first kappa shape index (κ1) is 18.0. The van der Waals surface area contributed by atoms with Crippen molar-refractivity contribution in [2.24, 2.45) is 11.8 Å². The van der Waals surface area contributed by atoms with Crippen LogP contribution in [0.3, 0.4) is 0 Å². The number of hydrogen-bond acceptors (Lipinski definition) is 6. The fourth-order valence-corrected chi connectivity index (χ4v) is 4.74. The van der Waals surface area contributed by atoms with Gasteiger partial charge >= 0.3 is 0 Å². The van der Waals surface area contributed by atoms with Crippen LogP contribution >= 0.6 is 24.0 Å². The molecule has 1 amide bonds. The normalized spacial score (nSPS) is 24.1. The van der Waals surface area contributed by atoms with Gasteiger partial charge in [-0.3, -0.25) is 14.4 Å². The molecule has 3 aliphatic rings. The molecule has 0 spiro atoms. The standard InChI is InChI=1S/C22H13NO4S2/c24-19-13-3-1-2-4-14(13)20(25)16-9-11(5-7-15(16)19)17-8-6-12(27-17)10-18-21(26)23-22(28)29-18/h1-10,13-14H,(H,23,26,28)/b18-10+. The van der Waals surface area contributed by atoms with Crippen molar-refractivity contribution in [1.82, 2.24) is 5.32 Å².